The van der Waals surface area contributed by atoms with E-state index < -0.39 is 0 Å². The van der Waals surface area contributed by atoms with Crippen molar-refractivity contribution in [3.63, 3.8) is 0 Å². The van der Waals surface area contributed by atoms with Crippen LogP contribution in [0.3, 0.4) is 0 Å². The second-order valence-corrected chi connectivity index (χ2v) is 24.4. The van der Waals surface area contributed by atoms with E-state index in [4.69, 9.17) is 0 Å². The first kappa shape index (κ1) is 43.3. The molecular formula is C67H66. The minimum Gasteiger partial charge on any atom is -0.0616 e. The van der Waals surface area contributed by atoms with Gasteiger partial charge in [0.1, 0.15) is 0 Å². The van der Waals surface area contributed by atoms with Gasteiger partial charge >= 0.3 is 0 Å². The standard InChI is InChI=1S/C67H66/c1-37-28-38(2)56(39(3)29-37)50-26-27-53-59-49(50)23-19-25-52(59)63-58(41-32-44(66(10,11)12)35-45(33-41)67(13,14)15)61-51-24-18-22-48-46-20-16-17-21-47(46)54(60(48)51)36-55(61)57(62(53)63)40-30-42(64(4,5)6)34-43(31-40)65(7,8)9/h16-36H,1-15H3. The van der Waals surface area contributed by atoms with Crippen molar-refractivity contribution in [1.29, 1.82) is 0 Å². The van der Waals surface area contributed by atoms with Crippen molar-refractivity contribution < 1.29 is 0 Å². The lowest BCUT2D eigenvalue weighted by molar-refractivity contribution is 0.568. The van der Waals surface area contributed by atoms with Crippen LogP contribution in [0.1, 0.15) is 122 Å². The first-order valence-corrected chi connectivity index (χ1v) is 24.7. The number of hydrogen-bond donors (Lipinski definition) is 0. The second kappa shape index (κ2) is 14.4. The van der Waals surface area contributed by atoms with Gasteiger partial charge in [-0.15, -0.1) is 0 Å². The molecule has 11 rings (SSSR count). The summed E-state index contributed by atoms with van der Waals surface area (Å²) < 4.78 is 0. The van der Waals surface area contributed by atoms with Gasteiger partial charge in [-0.05, 0) is 191 Å². The summed E-state index contributed by atoms with van der Waals surface area (Å²) in [5.41, 5.74) is 17.2. The van der Waals surface area contributed by atoms with E-state index in [1.807, 2.05) is 0 Å². The fraction of sp³-hybridized carbons (Fsp3) is 0.284. The number of aryl methyl sites for hydroxylation is 3. The molecule has 0 saturated carbocycles. The van der Waals surface area contributed by atoms with E-state index in [0.29, 0.717) is 0 Å². The molecule has 0 aliphatic carbocycles. The molecule has 0 unspecified atom stereocenters. The molecule has 11 aromatic rings. The number of rotatable bonds is 3. The molecule has 0 nitrogen and oxygen atoms in total. The minimum absolute atomic E-state index is 0.0536. The molecule has 334 valence electrons. The first-order valence-electron chi connectivity index (χ1n) is 24.7. The largest absolute Gasteiger partial charge is 0.0616 e. The molecule has 0 amide bonds. The maximum atomic E-state index is 2.61. The molecule has 0 heterocycles. The zero-order valence-corrected chi connectivity index (χ0v) is 42.6. The molecule has 11 aromatic carbocycles. The Labute approximate surface area is 398 Å². The molecule has 0 heteroatoms. The molecule has 0 bridgehead atoms. The average Bonchev–Trinajstić information content (AvgIpc) is 3.75. The highest BCUT2D eigenvalue weighted by molar-refractivity contribution is 6.45. The molecule has 67 heavy (non-hydrogen) atoms. The summed E-state index contributed by atoms with van der Waals surface area (Å²) in [6.07, 6.45) is 0. The molecule has 0 radical (unpaired) electrons. The summed E-state index contributed by atoms with van der Waals surface area (Å²) in [7, 11) is 0. The van der Waals surface area contributed by atoms with Crippen molar-refractivity contribution in [1.82, 2.24) is 0 Å². The van der Waals surface area contributed by atoms with E-state index in [-0.39, 0.29) is 21.7 Å². The van der Waals surface area contributed by atoms with Gasteiger partial charge < -0.3 is 0 Å². The van der Waals surface area contributed by atoms with Crippen molar-refractivity contribution in [3.05, 3.63) is 166 Å². The van der Waals surface area contributed by atoms with E-state index >= 15 is 0 Å². The fourth-order valence-electron chi connectivity index (χ4n) is 11.9. The topological polar surface area (TPSA) is 0 Å². The summed E-state index contributed by atoms with van der Waals surface area (Å²) in [5.74, 6) is 0. The van der Waals surface area contributed by atoms with Crippen LogP contribution in [-0.4, -0.2) is 0 Å². The van der Waals surface area contributed by atoms with Crippen molar-refractivity contribution in [3.8, 4) is 33.4 Å². The third kappa shape index (κ3) is 6.60. The van der Waals surface area contributed by atoms with Crippen LogP contribution >= 0.6 is 0 Å². The lowest BCUT2D eigenvalue weighted by Gasteiger charge is -2.28. The third-order valence-corrected chi connectivity index (χ3v) is 15.4. The van der Waals surface area contributed by atoms with Crippen molar-refractivity contribution in [2.24, 2.45) is 0 Å². The Kier molecular flexibility index (Phi) is 9.31. The Morgan fingerprint density at radius 2 is 0.672 bits per heavy atom. The molecule has 0 aliphatic heterocycles. The van der Waals surface area contributed by atoms with Crippen molar-refractivity contribution in [2.45, 2.75) is 126 Å². The van der Waals surface area contributed by atoms with Gasteiger partial charge in [-0.1, -0.05) is 210 Å². The molecule has 0 aromatic heterocycles. The van der Waals surface area contributed by atoms with Gasteiger partial charge in [0.15, 0.2) is 0 Å². The van der Waals surface area contributed by atoms with Crippen LogP contribution in [0.25, 0.3) is 109 Å². The summed E-state index contributed by atoms with van der Waals surface area (Å²) in [6.45, 7) is 35.3. The van der Waals surface area contributed by atoms with E-state index in [1.54, 1.807) is 0 Å². The van der Waals surface area contributed by atoms with Crippen LogP contribution in [-0.2, 0) is 21.7 Å². The van der Waals surface area contributed by atoms with Crippen LogP contribution in [0, 0.1) is 20.8 Å². The van der Waals surface area contributed by atoms with E-state index in [2.05, 4.69) is 231 Å². The summed E-state index contributed by atoms with van der Waals surface area (Å²) >= 11 is 0. The van der Waals surface area contributed by atoms with Crippen LogP contribution in [0.15, 0.2) is 127 Å². The highest BCUT2D eigenvalue weighted by Crippen LogP contribution is 2.56. The van der Waals surface area contributed by atoms with E-state index in [9.17, 15) is 0 Å². The SMILES string of the molecule is Cc1cc(C)c(-c2ccc3c4c(-c5cc(C(C)(C)C)cc(C(C)(C)C)c5)c5cc6c7ccccc7c7cccc(c5c(-c5cc(C(C)(C)C)cc(C(C)(C)C)c5)c4c4cccc2c34)c76)c(C)c1. The van der Waals surface area contributed by atoms with Crippen molar-refractivity contribution >= 4 is 75.4 Å². The Morgan fingerprint density at radius 3 is 1.19 bits per heavy atom. The maximum absolute atomic E-state index is 2.61. The lowest BCUT2D eigenvalue weighted by atomic mass is 9.76. The summed E-state index contributed by atoms with van der Waals surface area (Å²) in [5, 5.41) is 18.8. The van der Waals surface area contributed by atoms with Gasteiger partial charge in [0.05, 0.1) is 0 Å². The molecule has 0 aliphatic rings. The zero-order valence-electron chi connectivity index (χ0n) is 42.6. The highest BCUT2D eigenvalue weighted by Gasteiger charge is 2.31. The average molecular weight is 871 g/mol. The maximum Gasteiger partial charge on any atom is -0.000719 e. The quantitative estimate of drug-likeness (QED) is 0.155. The van der Waals surface area contributed by atoms with Gasteiger partial charge in [0.2, 0.25) is 0 Å². The second-order valence-electron chi connectivity index (χ2n) is 24.4. The Morgan fingerprint density at radius 1 is 0.269 bits per heavy atom. The summed E-state index contributed by atoms with van der Waals surface area (Å²) in [6, 6.07) is 50.8. The Balaban J connectivity index is 1.48. The van der Waals surface area contributed by atoms with Gasteiger partial charge in [0.25, 0.3) is 0 Å². The Bertz CT molecular complexity index is 3750. The molecule has 0 saturated heterocycles. The fourth-order valence-corrected chi connectivity index (χ4v) is 11.9. The monoisotopic (exact) mass is 871 g/mol. The Hall–Kier alpha value is -6.24. The number of hydrogen-bond acceptors (Lipinski definition) is 0. The van der Waals surface area contributed by atoms with E-state index in [0.717, 1.165) is 0 Å². The van der Waals surface area contributed by atoms with Crippen molar-refractivity contribution in [2.75, 3.05) is 0 Å². The smallest absolute Gasteiger partial charge is 0.000719 e. The highest BCUT2D eigenvalue weighted by atomic mass is 14.3. The zero-order chi connectivity index (χ0) is 47.4. The van der Waals surface area contributed by atoms with E-state index in [1.165, 1.54) is 148 Å². The predicted molar refractivity (Wildman–Crippen MR) is 297 cm³/mol. The van der Waals surface area contributed by atoms with Gasteiger partial charge in [-0.25, -0.2) is 0 Å². The first-order chi connectivity index (χ1) is 31.5. The lowest BCUT2D eigenvalue weighted by Crippen LogP contribution is -2.16. The van der Waals surface area contributed by atoms with Gasteiger partial charge in [0, 0.05) is 0 Å². The van der Waals surface area contributed by atoms with Crippen LogP contribution in [0.4, 0.5) is 0 Å². The number of benzene rings is 9. The third-order valence-electron chi connectivity index (χ3n) is 15.4. The molecule has 0 fully saturated rings. The number of fused-ring (bicyclic) bond motifs is 8. The molecule has 0 atom stereocenters. The van der Waals surface area contributed by atoms with Crippen LogP contribution in [0.2, 0.25) is 0 Å². The molecule has 0 N–H and O–H groups in total. The minimum atomic E-state index is -0.0553. The molecule has 0 spiro atoms. The van der Waals surface area contributed by atoms with Crippen LogP contribution in [0.5, 0.6) is 0 Å². The normalized spacial score (nSPS) is 13.3. The van der Waals surface area contributed by atoms with Gasteiger partial charge in [-0.2, -0.15) is 0 Å². The molecular weight excluding hydrogens is 805 g/mol. The predicted octanol–water partition coefficient (Wildman–Crippen LogP) is 19.8. The van der Waals surface area contributed by atoms with Gasteiger partial charge in [-0.3, -0.25) is 0 Å². The van der Waals surface area contributed by atoms with Crippen LogP contribution < -0.4 is 0 Å². The summed E-state index contributed by atoms with van der Waals surface area (Å²) in [4.78, 5) is 0.